The van der Waals surface area contributed by atoms with Crippen LogP contribution in [0.5, 0.6) is 0 Å². The van der Waals surface area contributed by atoms with Crippen LogP contribution in [0, 0.1) is 0 Å². The predicted molar refractivity (Wildman–Crippen MR) is 99.2 cm³/mol. The van der Waals surface area contributed by atoms with Gasteiger partial charge in [0, 0.05) is 13.2 Å². The normalized spacial score (nSPS) is 12.3. The first-order chi connectivity index (χ1) is 13.1. The molecule has 28 heavy (non-hydrogen) atoms. The predicted octanol–water partition coefficient (Wildman–Crippen LogP) is 2.61. The van der Waals surface area contributed by atoms with Crippen LogP contribution in [0.1, 0.15) is 0 Å². The Morgan fingerprint density at radius 1 is 1.21 bits per heavy atom. The minimum Gasteiger partial charge on any atom is -0.364 e. The minimum absolute atomic E-state index is 0.0963. The van der Waals surface area contributed by atoms with Gasteiger partial charge >= 0.3 is 6.18 Å². The van der Waals surface area contributed by atoms with Crippen molar-refractivity contribution in [2.45, 2.75) is 11.1 Å². The molecule has 1 aromatic carbocycles. The molecule has 12 heteroatoms. The molecule has 3 rings (SSSR count). The molecule has 0 saturated carbocycles. The molecule has 0 spiro atoms. The maximum atomic E-state index is 12.8. The molecule has 3 N–H and O–H groups in total. The van der Waals surface area contributed by atoms with E-state index in [-0.39, 0.29) is 16.3 Å². The van der Waals surface area contributed by atoms with Gasteiger partial charge in [0.05, 0.1) is 21.7 Å². The molecular weight excluding hydrogens is 397 g/mol. The smallest absolute Gasteiger partial charge is 0.364 e. The van der Waals surface area contributed by atoms with Crippen LogP contribution in [-0.2, 0) is 10.0 Å². The van der Waals surface area contributed by atoms with E-state index in [1.807, 2.05) is 0 Å². The highest BCUT2D eigenvalue weighted by atomic mass is 32.2. The molecule has 0 atom stereocenters. The van der Waals surface area contributed by atoms with E-state index in [1.165, 1.54) is 38.6 Å². The molecule has 0 unspecified atom stereocenters. The molecule has 0 amide bonds. The fourth-order valence-electron chi connectivity index (χ4n) is 2.69. The number of nitrogens with zero attached hydrogens (tertiary/aromatic N) is 3. The van der Waals surface area contributed by atoms with Crippen LogP contribution in [0.25, 0.3) is 11.0 Å². The third kappa shape index (κ3) is 4.17. The molecule has 0 aliphatic rings. The average Bonchev–Trinajstić information content (AvgIpc) is 3.10. The first-order valence-corrected chi connectivity index (χ1v) is 9.49. The number of hydrogen-bond acceptors (Lipinski definition) is 6. The van der Waals surface area contributed by atoms with Crippen molar-refractivity contribution in [3.63, 3.8) is 0 Å². The van der Waals surface area contributed by atoms with Crippen molar-refractivity contribution < 1.29 is 21.6 Å². The van der Waals surface area contributed by atoms with Gasteiger partial charge in [-0.3, -0.25) is 0 Å². The van der Waals surface area contributed by atoms with E-state index < -0.39 is 22.7 Å². The number of anilines is 3. The van der Waals surface area contributed by atoms with Crippen LogP contribution in [0.2, 0.25) is 0 Å². The van der Waals surface area contributed by atoms with E-state index in [0.29, 0.717) is 16.9 Å². The number of rotatable bonds is 6. The molecule has 2 heterocycles. The van der Waals surface area contributed by atoms with Gasteiger partial charge in [0.2, 0.25) is 10.0 Å². The van der Waals surface area contributed by atoms with Crippen LogP contribution in [0.4, 0.5) is 30.4 Å². The number of halogens is 3. The Labute approximate surface area is 158 Å². The first-order valence-electron chi connectivity index (χ1n) is 8.01. The second kappa shape index (κ2) is 7.28. The van der Waals surface area contributed by atoms with Gasteiger partial charge in [0.15, 0.2) is 0 Å². The Morgan fingerprint density at radius 3 is 2.64 bits per heavy atom. The van der Waals surface area contributed by atoms with Crippen molar-refractivity contribution in [2.24, 2.45) is 0 Å². The Morgan fingerprint density at radius 2 is 1.96 bits per heavy atom. The summed E-state index contributed by atoms with van der Waals surface area (Å²) in [5, 5.41) is 3.54. The Kier molecular flexibility index (Phi) is 5.17. The van der Waals surface area contributed by atoms with Gasteiger partial charge in [-0.1, -0.05) is 0 Å². The highest BCUT2D eigenvalue weighted by molar-refractivity contribution is 7.89. The quantitative estimate of drug-likeness (QED) is 0.573. The number of hydrogen-bond donors (Lipinski definition) is 3. The number of nitrogens with one attached hydrogen (secondary N) is 3. The lowest BCUT2D eigenvalue weighted by molar-refractivity contribution is -0.119. The molecule has 150 valence electrons. The third-order valence-corrected chi connectivity index (χ3v) is 5.39. The summed E-state index contributed by atoms with van der Waals surface area (Å²) in [6, 6.07) is 5.51. The molecule has 3 aromatic rings. The van der Waals surface area contributed by atoms with Crippen molar-refractivity contribution >= 4 is 38.2 Å². The summed E-state index contributed by atoms with van der Waals surface area (Å²) < 4.78 is 65.0. The number of benzene rings is 1. The number of alkyl halides is 3. The van der Waals surface area contributed by atoms with Crippen LogP contribution < -0.4 is 14.9 Å². The van der Waals surface area contributed by atoms with Crippen molar-refractivity contribution in [3.05, 3.63) is 36.8 Å². The van der Waals surface area contributed by atoms with Gasteiger partial charge in [-0.2, -0.15) is 13.2 Å². The highest BCUT2D eigenvalue weighted by Gasteiger charge is 2.30. The van der Waals surface area contributed by atoms with Crippen LogP contribution in [-0.4, -0.2) is 50.2 Å². The van der Waals surface area contributed by atoms with Crippen molar-refractivity contribution in [3.8, 4) is 0 Å². The van der Waals surface area contributed by atoms with Crippen LogP contribution in [0.15, 0.2) is 41.7 Å². The molecule has 0 bridgehead atoms. The van der Waals surface area contributed by atoms with Crippen molar-refractivity contribution in [2.75, 3.05) is 30.9 Å². The van der Waals surface area contributed by atoms with Crippen LogP contribution in [0.3, 0.4) is 0 Å². The largest absolute Gasteiger partial charge is 0.405 e. The zero-order valence-electron chi connectivity index (χ0n) is 14.9. The molecule has 0 fully saturated rings. The lowest BCUT2D eigenvalue weighted by Gasteiger charge is -2.24. The Bertz CT molecular complexity index is 1100. The lowest BCUT2D eigenvalue weighted by atomic mass is 10.2. The lowest BCUT2D eigenvalue weighted by Crippen LogP contribution is -2.31. The van der Waals surface area contributed by atoms with E-state index in [0.717, 1.165) is 4.90 Å². The van der Waals surface area contributed by atoms with Gasteiger partial charge in [0.25, 0.3) is 0 Å². The van der Waals surface area contributed by atoms with E-state index in [2.05, 4.69) is 25.0 Å². The fourth-order valence-corrected chi connectivity index (χ4v) is 3.44. The van der Waals surface area contributed by atoms with Gasteiger partial charge in [0.1, 0.15) is 24.3 Å². The summed E-state index contributed by atoms with van der Waals surface area (Å²) >= 11 is 0. The summed E-state index contributed by atoms with van der Waals surface area (Å²) in [5.41, 5.74) is 0.848. The third-order valence-electron chi connectivity index (χ3n) is 3.98. The van der Waals surface area contributed by atoms with Gasteiger partial charge in [-0.05, 0) is 31.3 Å². The monoisotopic (exact) mass is 414 g/mol. The molecule has 8 nitrogen and oxygen atoms in total. The second-order valence-corrected chi connectivity index (χ2v) is 7.83. The SMILES string of the molecule is CNS(=O)(=O)c1ccc(N(C)CC(F)(F)F)c(Nc2ncnc3[nH]ccc23)c1. The maximum Gasteiger partial charge on any atom is 0.405 e. The number of aromatic nitrogens is 3. The van der Waals surface area contributed by atoms with Crippen LogP contribution >= 0.6 is 0 Å². The zero-order chi connectivity index (χ0) is 20.5. The summed E-state index contributed by atoms with van der Waals surface area (Å²) in [6.45, 7) is -1.21. The number of fused-ring (bicyclic) bond motifs is 1. The van der Waals surface area contributed by atoms with Gasteiger partial charge in [-0.25, -0.2) is 23.1 Å². The number of aromatic amines is 1. The minimum atomic E-state index is -4.43. The fraction of sp³-hybridized carbons (Fsp3) is 0.250. The summed E-state index contributed by atoms with van der Waals surface area (Å²) in [6.07, 6.45) is -1.50. The Hall–Kier alpha value is -2.86. The number of sulfonamides is 1. The molecule has 0 saturated heterocycles. The van der Waals surface area contributed by atoms with E-state index in [4.69, 9.17) is 0 Å². The average molecular weight is 414 g/mol. The Balaban J connectivity index is 2.09. The van der Waals surface area contributed by atoms with Gasteiger partial charge in [-0.15, -0.1) is 0 Å². The summed E-state index contributed by atoms with van der Waals surface area (Å²) in [5.74, 6) is 0.326. The molecular formula is C16H17F3N6O2S. The van der Waals surface area contributed by atoms with E-state index in [9.17, 15) is 21.6 Å². The van der Waals surface area contributed by atoms with E-state index >= 15 is 0 Å². The van der Waals surface area contributed by atoms with Gasteiger partial charge < -0.3 is 15.2 Å². The first kappa shape index (κ1) is 19.9. The topological polar surface area (TPSA) is 103 Å². The maximum absolute atomic E-state index is 12.8. The summed E-state index contributed by atoms with van der Waals surface area (Å²) in [4.78, 5) is 11.9. The standard InChI is InChI=1S/C16H17F3N6O2S/c1-20-28(26,27)10-3-4-13(25(2)8-16(17,18)19)12(7-10)24-15-11-5-6-21-14(11)22-9-23-15/h3-7,9,20H,8H2,1-2H3,(H2,21,22,23,24). The molecule has 0 aliphatic heterocycles. The van der Waals surface area contributed by atoms with Crippen molar-refractivity contribution in [1.29, 1.82) is 0 Å². The number of H-pyrrole nitrogens is 1. The van der Waals surface area contributed by atoms with Crippen molar-refractivity contribution in [1.82, 2.24) is 19.7 Å². The molecule has 2 aromatic heterocycles. The highest BCUT2D eigenvalue weighted by Crippen LogP contribution is 2.33. The summed E-state index contributed by atoms with van der Waals surface area (Å²) in [7, 11) is -1.27. The van der Waals surface area contributed by atoms with E-state index in [1.54, 1.807) is 12.3 Å². The second-order valence-electron chi connectivity index (χ2n) is 5.94. The molecule has 0 radical (unpaired) electrons. The molecule has 0 aliphatic carbocycles. The zero-order valence-corrected chi connectivity index (χ0v) is 15.7.